The highest BCUT2D eigenvalue weighted by Gasteiger charge is 2.37. The van der Waals surface area contributed by atoms with Gasteiger partial charge in [-0.3, -0.25) is 9.59 Å². The van der Waals surface area contributed by atoms with E-state index in [1.807, 2.05) is 27.3 Å². The first kappa shape index (κ1) is 15.8. The van der Waals surface area contributed by atoms with E-state index in [2.05, 4.69) is 0 Å². The summed E-state index contributed by atoms with van der Waals surface area (Å²) in [6.07, 6.45) is 1.13. The lowest BCUT2D eigenvalue weighted by Crippen LogP contribution is -2.55. The van der Waals surface area contributed by atoms with Crippen LogP contribution in [0.3, 0.4) is 0 Å². The average molecular weight is 339 g/mol. The second-order valence-electron chi connectivity index (χ2n) is 5.79. The van der Waals surface area contributed by atoms with Crippen molar-refractivity contribution in [2.24, 2.45) is 11.7 Å². The van der Waals surface area contributed by atoms with E-state index in [-0.39, 0.29) is 23.8 Å². The van der Waals surface area contributed by atoms with Crippen LogP contribution >= 0.6 is 23.1 Å². The summed E-state index contributed by atoms with van der Waals surface area (Å²) < 4.78 is 0. The Bertz CT molecular complexity index is 529. The molecule has 3 heterocycles. The van der Waals surface area contributed by atoms with E-state index in [9.17, 15) is 9.59 Å². The topological polar surface area (TPSA) is 66.6 Å². The Kier molecular flexibility index (Phi) is 5.05. The van der Waals surface area contributed by atoms with Gasteiger partial charge in [0.2, 0.25) is 11.8 Å². The molecule has 1 aromatic rings. The van der Waals surface area contributed by atoms with Gasteiger partial charge in [0.05, 0.1) is 18.2 Å². The van der Waals surface area contributed by atoms with Crippen molar-refractivity contribution in [2.75, 3.05) is 31.3 Å². The van der Waals surface area contributed by atoms with Crippen LogP contribution in [0.4, 0.5) is 0 Å². The first-order chi connectivity index (χ1) is 10.6. The molecule has 0 bridgehead atoms. The van der Waals surface area contributed by atoms with Gasteiger partial charge < -0.3 is 15.5 Å². The quantitative estimate of drug-likeness (QED) is 0.892. The molecule has 1 aromatic heterocycles. The lowest BCUT2D eigenvalue weighted by atomic mass is 9.91. The van der Waals surface area contributed by atoms with Crippen LogP contribution in [-0.2, 0) is 16.0 Å². The van der Waals surface area contributed by atoms with E-state index in [0.29, 0.717) is 25.9 Å². The number of rotatable bonds is 3. The molecular formula is C15H21N3O2S2. The van der Waals surface area contributed by atoms with Gasteiger partial charge in [0.25, 0.3) is 0 Å². The molecular weight excluding hydrogens is 318 g/mol. The number of amides is 2. The van der Waals surface area contributed by atoms with Gasteiger partial charge in [-0.15, -0.1) is 23.1 Å². The Morgan fingerprint density at radius 1 is 1.32 bits per heavy atom. The summed E-state index contributed by atoms with van der Waals surface area (Å²) in [6.45, 7) is 1.92. The number of hydrogen-bond donors (Lipinski definition) is 1. The molecule has 0 saturated carbocycles. The van der Waals surface area contributed by atoms with Crippen LogP contribution in [0.5, 0.6) is 0 Å². The molecule has 7 heteroatoms. The Morgan fingerprint density at radius 3 is 2.86 bits per heavy atom. The van der Waals surface area contributed by atoms with Gasteiger partial charge in [-0.1, -0.05) is 6.07 Å². The van der Waals surface area contributed by atoms with Crippen molar-refractivity contribution < 1.29 is 9.59 Å². The van der Waals surface area contributed by atoms with Crippen molar-refractivity contribution in [2.45, 2.75) is 18.9 Å². The van der Waals surface area contributed by atoms with E-state index in [1.165, 1.54) is 0 Å². The molecule has 0 aliphatic carbocycles. The van der Waals surface area contributed by atoms with Crippen molar-refractivity contribution in [1.82, 2.24) is 9.80 Å². The second-order valence-corrected chi connectivity index (χ2v) is 7.90. The fourth-order valence-corrected chi connectivity index (χ4v) is 4.61. The molecule has 5 nitrogen and oxygen atoms in total. The Labute approximate surface area is 138 Å². The van der Waals surface area contributed by atoms with Gasteiger partial charge >= 0.3 is 0 Å². The third-order valence-electron chi connectivity index (χ3n) is 4.31. The highest BCUT2D eigenvalue weighted by Crippen LogP contribution is 2.23. The van der Waals surface area contributed by atoms with Gasteiger partial charge in [0.1, 0.15) is 0 Å². The van der Waals surface area contributed by atoms with Crippen LogP contribution in [0.25, 0.3) is 0 Å². The van der Waals surface area contributed by atoms with E-state index < -0.39 is 0 Å². The third-order valence-corrected chi connectivity index (χ3v) is 6.15. The van der Waals surface area contributed by atoms with E-state index in [4.69, 9.17) is 5.73 Å². The van der Waals surface area contributed by atoms with Gasteiger partial charge in [-0.25, -0.2) is 0 Å². The summed E-state index contributed by atoms with van der Waals surface area (Å²) >= 11 is 3.36. The number of carbonyl (C=O) groups is 2. The van der Waals surface area contributed by atoms with Crippen LogP contribution in [0, 0.1) is 5.92 Å². The molecule has 0 spiro atoms. The largest absolute Gasteiger partial charge is 0.341 e. The van der Waals surface area contributed by atoms with Crippen LogP contribution in [-0.4, -0.2) is 58.9 Å². The number of carbonyl (C=O) groups excluding carboxylic acids is 2. The first-order valence-corrected chi connectivity index (χ1v) is 9.61. The minimum absolute atomic E-state index is 0.1000. The number of thiophene rings is 1. The fourth-order valence-electron chi connectivity index (χ4n) is 2.95. The number of thioether (sulfide) groups is 1. The summed E-state index contributed by atoms with van der Waals surface area (Å²) in [6, 6.07) is 3.79. The smallest absolute Gasteiger partial charge is 0.229 e. The molecule has 2 saturated heterocycles. The predicted molar refractivity (Wildman–Crippen MR) is 89.7 cm³/mol. The molecule has 0 radical (unpaired) electrons. The maximum absolute atomic E-state index is 12.6. The summed E-state index contributed by atoms with van der Waals surface area (Å²) in [5, 5.41) is 1.98. The van der Waals surface area contributed by atoms with Crippen LogP contribution in [0.2, 0.25) is 0 Å². The zero-order valence-electron chi connectivity index (χ0n) is 12.4. The normalized spacial score (nSPS) is 25.5. The van der Waals surface area contributed by atoms with E-state index in [0.717, 1.165) is 23.1 Å². The van der Waals surface area contributed by atoms with Crippen LogP contribution in [0.1, 0.15) is 11.3 Å². The molecule has 0 aromatic carbocycles. The SMILES string of the molecule is NC1CCN(C(=O)Cc2cccs2)CC1C(=O)N1CCSC1. The summed E-state index contributed by atoms with van der Waals surface area (Å²) in [7, 11) is 0. The zero-order valence-corrected chi connectivity index (χ0v) is 14.1. The number of nitrogens with zero attached hydrogens (tertiary/aromatic N) is 2. The predicted octanol–water partition coefficient (Wildman–Crippen LogP) is 0.999. The van der Waals surface area contributed by atoms with Crippen molar-refractivity contribution in [3.8, 4) is 0 Å². The number of hydrogen-bond acceptors (Lipinski definition) is 5. The van der Waals surface area contributed by atoms with Gasteiger partial charge in [0, 0.05) is 36.3 Å². The highest BCUT2D eigenvalue weighted by atomic mass is 32.2. The molecule has 2 aliphatic rings. The summed E-state index contributed by atoms with van der Waals surface area (Å²) in [4.78, 5) is 29.8. The van der Waals surface area contributed by atoms with Gasteiger partial charge in [-0.2, -0.15) is 0 Å². The Balaban J connectivity index is 1.62. The van der Waals surface area contributed by atoms with Crippen LogP contribution < -0.4 is 5.73 Å². The van der Waals surface area contributed by atoms with E-state index >= 15 is 0 Å². The zero-order chi connectivity index (χ0) is 15.5. The molecule has 2 N–H and O–H groups in total. The maximum atomic E-state index is 12.6. The molecule has 2 aliphatic heterocycles. The standard InChI is InChI=1S/C15H21N3O2S2/c16-13-3-4-17(14(19)8-11-2-1-6-22-11)9-12(13)15(20)18-5-7-21-10-18/h1-2,6,12-13H,3-5,7-10,16H2. The van der Waals surface area contributed by atoms with Crippen molar-refractivity contribution >= 4 is 34.9 Å². The van der Waals surface area contributed by atoms with Gasteiger partial charge in [0.15, 0.2) is 0 Å². The Morgan fingerprint density at radius 2 is 2.18 bits per heavy atom. The molecule has 2 unspecified atom stereocenters. The Hall–Kier alpha value is -1.05. The minimum Gasteiger partial charge on any atom is -0.341 e. The van der Waals surface area contributed by atoms with E-state index in [1.54, 1.807) is 23.1 Å². The minimum atomic E-state index is -0.250. The monoisotopic (exact) mass is 339 g/mol. The van der Waals surface area contributed by atoms with Crippen molar-refractivity contribution in [3.63, 3.8) is 0 Å². The number of piperidine rings is 1. The summed E-state index contributed by atoms with van der Waals surface area (Å²) in [5.74, 6) is 1.72. The molecule has 2 fully saturated rings. The third kappa shape index (κ3) is 3.47. The second kappa shape index (κ2) is 7.02. The average Bonchev–Trinajstić information content (AvgIpc) is 3.20. The van der Waals surface area contributed by atoms with Gasteiger partial charge in [-0.05, 0) is 17.9 Å². The number of likely N-dealkylation sites (tertiary alicyclic amines) is 1. The number of nitrogens with two attached hydrogens (primary N) is 1. The molecule has 22 heavy (non-hydrogen) atoms. The fraction of sp³-hybridized carbons (Fsp3) is 0.600. The maximum Gasteiger partial charge on any atom is 0.229 e. The molecule has 120 valence electrons. The highest BCUT2D eigenvalue weighted by molar-refractivity contribution is 7.99. The van der Waals surface area contributed by atoms with Crippen molar-refractivity contribution in [3.05, 3.63) is 22.4 Å². The molecule has 3 rings (SSSR count). The van der Waals surface area contributed by atoms with Crippen LogP contribution in [0.15, 0.2) is 17.5 Å². The lowest BCUT2D eigenvalue weighted by molar-refractivity contribution is -0.140. The lowest BCUT2D eigenvalue weighted by Gasteiger charge is -2.37. The van der Waals surface area contributed by atoms with Crippen molar-refractivity contribution in [1.29, 1.82) is 0 Å². The summed E-state index contributed by atoms with van der Waals surface area (Å²) in [5.41, 5.74) is 6.16. The first-order valence-electron chi connectivity index (χ1n) is 7.57. The molecule has 2 atom stereocenters. The molecule has 2 amide bonds.